The van der Waals surface area contributed by atoms with Crippen molar-refractivity contribution in [3.05, 3.63) is 84.7 Å². The summed E-state index contributed by atoms with van der Waals surface area (Å²) in [5, 5.41) is 17.3. The zero-order chi connectivity index (χ0) is 28.4. The molecule has 0 saturated carbocycles. The second kappa shape index (κ2) is 10.6. The number of rotatable bonds is 8. The van der Waals surface area contributed by atoms with Crippen LogP contribution in [0.3, 0.4) is 0 Å². The van der Waals surface area contributed by atoms with Gasteiger partial charge in [0.2, 0.25) is 5.91 Å². The number of halogens is 3. The van der Waals surface area contributed by atoms with Crippen molar-refractivity contribution in [2.75, 3.05) is 17.7 Å². The summed E-state index contributed by atoms with van der Waals surface area (Å²) in [6.07, 6.45) is -2.03. The van der Waals surface area contributed by atoms with Crippen molar-refractivity contribution in [1.29, 1.82) is 0 Å². The van der Waals surface area contributed by atoms with Gasteiger partial charge in [-0.3, -0.25) is 4.79 Å². The Balaban J connectivity index is 1.72. The number of nitrogens with one attached hydrogen (secondary N) is 2. The summed E-state index contributed by atoms with van der Waals surface area (Å²) in [5.74, 6) is 0.546. The summed E-state index contributed by atoms with van der Waals surface area (Å²) in [6, 6.07) is 12.5. The second-order valence-corrected chi connectivity index (χ2v) is 9.00. The molecule has 4 aromatic rings. The summed E-state index contributed by atoms with van der Waals surface area (Å²) < 4.78 is 50.4. The Hall–Kier alpha value is -4.64. The Morgan fingerprint density at radius 2 is 1.77 bits per heavy atom. The average Bonchev–Trinajstić information content (AvgIpc) is 2.88. The monoisotopic (exact) mass is 538 g/mol. The molecule has 0 aliphatic carbocycles. The van der Waals surface area contributed by atoms with E-state index in [9.17, 15) is 23.1 Å². The molecular formula is C28H25F3N4O4. The van der Waals surface area contributed by atoms with Gasteiger partial charge < -0.3 is 25.2 Å². The average molecular weight is 539 g/mol. The number of anilines is 3. The van der Waals surface area contributed by atoms with E-state index < -0.39 is 23.2 Å². The molecule has 0 unspecified atom stereocenters. The summed E-state index contributed by atoms with van der Waals surface area (Å²) >= 11 is 0. The third-order valence-electron chi connectivity index (χ3n) is 5.70. The molecule has 202 valence electrons. The van der Waals surface area contributed by atoms with E-state index in [-0.39, 0.29) is 11.5 Å². The van der Waals surface area contributed by atoms with E-state index in [4.69, 9.17) is 9.47 Å². The number of methoxy groups -OCH3 is 1. The number of amides is 1. The van der Waals surface area contributed by atoms with E-state index in [0.29, 0.717) is 39.4 Å². The van der Waals surface area contributed by atoms with Crippen molar-refractivity contribution in [1.82, 2.24) is 9.97 Å². The number of carbonyl (C=O) groups is 1. The van der Waals surface area contributed by atoms with Crippen LogP contribution in [0, 0.1) is 0 Å². The molecule has 0 aliphatic rings. The highest BCUT2D eigenvalue weighted by molar-refractivity contribution is 6.03. The van der Waals surface area contributed by atoms with Crippen LogP contribution in [-0.2, 0) is 16.6 Å². The number of carbonyl (C=O) groups excluding carboxylic acids is 1. The molecule has 0 radical (unpaired) electrons. The standard InChI is InChI=1S/C28H25F3N4O4/c1-5-25(36)34-23-13-19-22(14-24(23)38-4)32-15-33-26(19)35-21-10-9-18(12-20(21)27(2,3)37)39-17-8-6-7-16(11-17)28(29,30)31/h5-15,37H,1H2,2-4H3,(H,34,36)(H,32,33,35). The van der Waals surface area contributed by atoms with Crippen molar-refractivity contribution in [2.24, 2.45) is 0 Å². The van der Waals surface area contributed by atoms with Crippen LogP contribution in [0.1, 0.15) is 25.0 Å². The minimum atomic E-state index is -4.51. The predicted molar refractivity (Wildman–Crippen MR) is 141 cm³/mol. The minimum Gasteiger partial charge on any atom is -0.494 e. The van der Waals surface area contributed by atoms with Crippen LogP contribution < -0.4 is 20.1 Å². The molecule has 3 aromatic carbocycles. The molecular weight excluding hydrogens is 513 g/mol. The van der Waals surface area contributed by atoms with Crippen LogP contribution in [0.5, 0.6) is 17.2 Å². The zero-order valence-electron chi connectivity index (χ0n) is 21.3. The van der Waals surface area contributed by atoms with Crippen molar-refractivity contribution in [2.45, 2.75) is 25.6 Å². The van der Waals surface area contributed by atoms with E-state index >= 15 is 0 Å². The van der Waals surface area contributed by atoms with Crippen LogP contribution in [0.2, 0.25) is 0 Å². The van der Waals surface area contributed by atoms with Crippen molar-refractivity contribution in [3.8, 4) is 17.2 Å². The van der Waals surface area contributed by atoms with E-state index in [0.717, 1.165) is 18.2 Å². The fraction of sp³-hybridized carbons (Fsp3) is 0.179. The second-order valence-electron chi connectivity index (χ2n) is 9.00. The lowest BCUT2D eigenvalue weighted by atomic mass is 9.96. The number of aliphatic hydroxyl groups is 1. The number of hydrogen-bond acceptors (Lipinski definition) is 7. The van der Waals surface area contributed by atoms with Crippen LogP contribution >= 0.6 is 0 Å². The fourth-order valence-electron chi connectivity index (χ4n) is 3.84. The summed E-state index contributed by atoms with van der Waals surface area (Å²) in [5.41, 5.74) is -0.448. The first-order chi connectivity index (χ1) is 18.4. The smallest absolute Gasteiger partial charge is 0.416 e. The largest absolute Gasteiger partial charge is 0.494 e. The molecule has 4 rings (SSSR count). The Morgan fingerprint density at radius 3 is 2.44 bits per heavy atom. The Kier molecular flexibility index (Phi) is 7.46. The van der Waals surface area contributed by atoms with Gasteiger partial charge in [0.1, 0.15) is 29.4 Å². The lowest BCUT2D eigenvalue weighted by Crippen LogP contribution is -2.18. The van der Waals surface area contributed by atoms with Crippen LogP contribution in [0.15, 0.2) is 73.6 Å². The van der Waals surface area contributed by atoms with Crippen LogP contribution in [0.25, 0.3) is 10.9 Å². The Labute approximate surface area is 222 Å². The SMILES string of the molecule is C=CC(=O)Nc1cc2c(Nc3ccc(Oc4cccc(C(F)(F)F)c4)cc3C(C)(C)O)ncnc2cc1OC. The number of benzene rings is 3. The quantitative estimate of drug-likeness (QED) is 0.219. The highest BCUT2D eigenvalue weighted by Gasteiger charge is 2.30. The number of alkyl halides is 3. The summed E-state index contributed by atoms with van der Waals surface area (Å²) in [7, 11) is 1.46. The molecule has 39 heavy (non-hydrogen) atoms. The van der Waals surface area contributed by atoms with Crippen molar-refractivity contribution >= 4 is 34.0 Å². The maximum atomic E-state index is 13.1. The fourth-order valence-corrected chi connectivity index (χ4v) is 3.84. The third kappa shape index (κ3) is 6.27. The number of hydrogen-bond donors (Lipinski definition) is 3. The first-order valence-electron chi connectivity index (χ1n) is 11.6. The molecule has 0 bridgehead atoms. The van der Waals surface area contributed by atoms with Gasteiger partial charge in [-0.15, -0.1) is 0 Å². The number of nitrogens with zero attached hydrogens (tertiary/aromatic N) is 2. The van der Waals surface area contributed by atoms with Gasteiger partial charge >= 0.3 is 6.18 Å². The van der Waals surface area contributed by atoms with Gasteiger partial charge in [0.15, 0.2) is 0 Å². The van der Waals surface area contributed by atoms with Crippen LogP contribution in [0.4, 0.5) is 30.4 Å². The predicted octanol–water partition coefficient (Wildman–Crippen LogP) is 6.55. The van der Waals surface area contributed by atoms with Crippen molar-refractivity contribution < 1.29 is 32.5 Å². The normalized spacial score (nSPS) is 11.7. The first-order valence-corrected chi connectivity index (χ1v) is 11.6. The summed E-state index contributed by atoms with van der Waals surface area (Å²) in [4.78, 5) is 20.5. The van der Waals surface area contributed by atoms with E-state index in [1.165, 1.54) is 31.6 Å². The van der Waals surface area contributed by atoms with Gasteiger partial charge in [-0.25, -0.2) is 9.97 Å². The van der Waals surface area contributed by atoms with Gasteiger partial charge in [-0.05, 0) is 62.4 Å². The number of ether oxygens (including phenoxy) is 2. The van der Waals surface area contributed by atoms with E-state index in [1.807, 2.05) is 0 Å². The van der Waals surface area contributed by atoms with Gasteiger partial charge in [0.25, 0.3) is 0 Å². The lowest BCUT2D eigenvalue weighted by Gasteiger charge is -2.23. The van der Waals surface area contributed by atoms with E-state index in [1.54, 1.807) is 38.1 Å². The Bertz CT molecular complexity index is 1550. The van der Waals surface area contributed by atoms with Crippen molar-refractivity contribution in [3.63, 3.8) is 0 Å². The zero-order valence-corrected chi connectivity index (χ0v) is 21.3. The van der Waals surface area contributed by atoms with Gasteiger partial charge in [-0.1, -0.05) is 12.6 Å². The first kappa shape index (κ1) is 27.4. The molecule has 0 fully saturated rings. The highest BCUT2D eigenvalue weighted by atomic mass is 19.4. The van der Waals surface area contributed by atoms with E-state index in [2.05, 4.69) is 27.2 Å². The minimum absolute atomic E-state index is 0.00271. The highest BCUT2D eigenvalue weighted by Crippen LogP contribution is 2.38. The molecule has 0 atom stereocenters. The topological polar surface area (TPSA) is 106 Å². The third-order valence-corrected chi connectivity index (χ3v) is 5.70. The molecule has 0 spiro atoms. The van der Waals surface area contributed by atoms with Gasteiger partial charge in [0, 0.05) is 22.7 Å². The van der Waals surface area contributed by atoms with Crippen LogP contribution in [-0.4, -0.2) is 28.1 Å². The molecule has 1 heterocycles. The maximum absolute atomic E-state index is 13.1. The number of aromatic nitrogens is 2. The molecule has 1 aromatic heterocycles. The Morgan fingerprint density at radius 1 is 1.03 bits per heavy atom. The number of fused-ring (bicyclic) bond motifs is 1. The molecule has 0 saturated heterocycles. The van der Waals surface area contributed by atoms with Gasteiger partial charge in [-0.2, -0.15) is 13.2 Å². The molecule has 1 amide bonds. The molecule has 11 heteroatoms. The summed E-state index contributed by atoms with van der Waals surface area (Å²) in [6.45, 7) is 6.58. The molecule has 8 nitrogen and oxygen atoms in total. The maximum Gasteiger partial charge on any atom is 0.416 e. The van der Waals surface area contributed by atoms with Gasteiger partial charge in [0.05, 0.1) is 29.5 Å². The molecule has 3 N–H and O–H groups in total. The molecule has 0 aliphatic heterocycles. The lowest BCUT2D eigenvalue weighted by molar-refractivity contribution is -0.137.